The van der Waals surface area contributed by atoms with E-state index in [9.17, 15) is 4.79 Å². The van der Waals surface area contributed by atoms with Crippen molar-refractivity contribution in [3.05, 3.63) is 34.3 Å². The molecule has 0 aliphatic heterocycles. The molecule has 96 valence electrons. The van der Waals surface area contributed by atoms with E-state index in [0.29, 0.717) is 6.42 Å². The van der Waals surface area contributed by atoms with Crippen molar-refractivity contribution in [2.24, 2.45) is 5.92 Å². The number of nitrogens with one attached hydrogen (secondary N) is 1. The summed E-state index contributed by atoms with van der Waals surface area (Å²) >= 11 is 3.38. The zero-order valence-corrected chi connectivity index (χ0v) is 12.4. The molecule has 4 heteroatoms. The number of nitriles is 1. The molecular weight excluding hydrogens is 292 g/mol. The molecular formula is C14H17BrN2O. The molecule has 1 rings (SSSR count). The topological polar surface area (TPSA) is 52.9 Å². The fourth-order valence-electron chi connectivity index (χ4n) is 1.55. The predicted octanol–water partition coefficient (Wildman–Crippen LogP) is 3.05. The van der Waals surface area contributed by atoms with Gasteiger partial charge in [0, 0.05) is 10.0 Å². The molecule has 0 fully saturated rings. The summed E-state index contributed by atoms with van der Waals surface area (Å²) in [6, 6.07) is 9.72. The average molecular weight is 309 g/mol. The van der Waals surface area contributed by atoms with Gasteiger partial charge in [-0.1, -0.05) is 28.1 Å². The minimum atomic E-state index is -0.654. The largest absolute Gasteiger partial charge is 0.350 e. The summed E-state index contributed by atoms with van der Waals surface area (Å²) in [6.45, 7) is 5.70. The first-order valence-corrected chi connectivity index (χ1v) is 6.57. The van der Waals surface area contributed by atoms with Crippen molar-refractivity contribution in [1.82, 2.24) is 5.32 Å². The van der Waals surface area contributed by atoms with Crippen molar-refractivity contribution < 1.29 is 4.79 Å². The molecule has 0 saturated carbocycles. The normalized spacial score (nSPS) is 12.6. The highest BCUT2D eigenvalue weighted by Crippen LogP contribution is 2.15. The highest BCUT2D eigenvalue weighted by molar-refractivity contribution is 9.10. The molecule has 0 saturated heterocycles. The summed E-state index contributed by atoms with van der Waals surface area (Å²) in [5.41, 5.74) is 0.656. The van der Waals surface area contributed by atoms with Crippen LogP contribution in [0.1, 0.15) is 26.3 Å². The van der Waals surface area contributed by atoms with Gasteiger partial charge in [0.25, 0.3) is 0 Å². The second-order valence-corrected chi connectivity index (χ2v) is 6.17. The molecule has 0 spiro atoms. The van der Waals surface area contributed by atoms with Crippen LogP contribution in [0.15, 0.2) is 28.7 Å². The number of carbonyl (C=O) groups excluding carboxylic acids is 1. The Bertz CT molecular complexity index is 471. The first-order valence-electron chi connectivity index (χ1n) is 5.78. The van der Waals surface area contributed by atoms with Crippen LogP contribution in [0.5, 0.6) is 0 Å². The van der Waals surface area contributed by atoms with E-state index in [4.69, 9.17) is 5.26 Å². The Balaban J connectivity index is 2.74. The van der Waals surface area contributed by atoms with Gasteiger partial charge < -0.3 is 5.32 Å². The van der Waals surface area contributed by atoms with Crippen LogP contribution in [0.25, 0.3) is 0 Å². The second-order valence-electron chi connectivity index (χ2n) is 5.25. The summed E-state index contributed by atoms with van der Waals surface area (Å²) in [4.78, 5) is 11.9. The van der Waals surface area contributed by atoms with Gasteiger partial charge in [0.15, 0.2) is 0 Å². The first kappa shape index (κ1) is 14.7. The van der Waals surface area contributed by atoms with E-state index in [0.717, 1.165) is 10.0 Å². The fraction of sp³-hybridized carbons (Fsp3) is 0.429. The average Bonchev–Trinajstić information content (AvgIpc) is 2.23. The minimum Gasteiger partial charge on any atom is -0.350 e. The smallest absolute Gasteiger partial charge is 0.238 e. The molecule has 0 heterocycles. The Labute approximate surface area is 116 Å². The van der Waals surface area contributed by atoms with Crippen molar-refractivity contribution in [3.8, 4) is 6.07 Å². The van der Waals surface area contributed by atoms with E-state index >= 15 is 0 Å². The number of amides is 1. The van der Waals surface area contributed by atoms with E-state index in [2.05, 4.69) is 27.3 Å². The molecule has 3 nitrogen and oxygen atoms in total. The van der Waals surface area contributed by atoms with E-state index < -0.39 is 5.92 Å². The number of nitrogens with zero attached hydrogens (tertiary/aromatic N) is 1. The lowest BCUT2D eigenvalue weighted by molar-refractivity contribution is -0.124. The summed E-state index contributed by atoms with van der Waals surface area (Å²) in [7, 11) is 0. The number of halogens is 1. The predicted molar refractivity (Wildman–Crippen MR) is 74.8 cm³/mol. The van der Waals surface area contributed by atoms with Gasteiger partial charge in [-0.2, -0.15) is 5.26 Å². The van der Waals surface area contributed by atoms with Crippen molar-refractivity contribution in [2.45, 2.75) is 32.7 Å². The lowest BCUT2D eigenvalue weighted by Gasteiger charge is -2.22. The van der Waals surface area contributed by atoms with E-state index in [1.807, 2.05) is 45.0 Å². The quantitative estimate of drug-likeness (QED) is 0.933. The third-order valence-electron chi connectivity index (χ3n) is 2.30. The maximum Gasteiger partial charge on any atom is 0.238 e. The molecule has 0 radical (unpaired) electrons. The Kier molecular flexibility index (Phi) is 4.92. The molecule has 0 aliphatic carbocycles. The third kappa shape index (κ3) is 4.89. The van der Waals surface area contributed by atoms with Crippen LogP contribution in [-0.4, -0.2) is 11.4 Å². The van der Waals surface area contributed by atoms with Crippen LogP contribution in [0.3, 0.4) is 0 Å². The maximum atomic E-state index is 11.9. The molecule has 0 aliphatic rings. The van der Waals surface area contributed by atoms with Crippen LogP contribution in [0.4, 0.5) is 0 Å². The maximum absolute atomic E-state index is 11.9. The third-order valence-corrected chi connectivity index (χ3v) is 2.79. The van der Waals surface area contributed by atoms with Crippen molar-refractivity contribution in [3.63, 3.8) is 0 Å². The van der Waals surface area contributed by atoms with Gasteiger partial charge >= 0.3 is 0 Å². The number of benzene rings is 1. The van der Waals surface area contributed by atoms with Crippen LogP contribution in [0, 0.1) is 17.2 Å². The highest BCUT2D eigenvalue weighted by atomic mass is 79.9. The van der Waals surface area contributed by atoms with Gasteiger partial charge in [-0.3, -0.25) is 4.79 Å². The van der Waals surface area contributed by atoms with E-state index in [-0.39, 0.29) is 11.4 Å². The van der Waals surface area contributed by atoms with Gasteiger partial charge in [0.2, 0.25) is 5.91 Å². The molecule has 1 aromatic rings. The zero-order valence-electron chi connectivity index (χ0n) is 10.8. The molecule has 1 atom stereocenters. The number of carbonyl (C=O) groups is 1. The number of hydrogen-bond acceptors (Lipinski definition) is 2. The monoisotopic (exact) mass is 308 g/mol. The number of hydrogen-bond donors (Lipinski definition) is 1. The fourth-order valence-corrected chi connectivity index (χ4v) is 2.00. The molecule has 1 unspecified atom stereocenters. The summed E-state index contributed by atoms with van der Waals surface area (Å²) < 4.78 is 0.952. The summed E-state index contributed by atoms with van der Waals surface area (Å²) in [5.74, 6) is -0.872. The molecule has 1 N–H and O–H groups in total. The van der Waals surface area contributed by atoms with E-state index in [1.165, 1.54) is 0 Å². The van der Waals surface area contributed by atoms with Crippen LogP contribution in [-0.2, 0) is 11.2 Å². The Hall–Kier alpha value is -1.34. The summed E-state index contributed by atoms with van der Waals surface area (Å²) in [5, 5.41) is 11.9. The van der Waals surface area contributed by atoms with Crippen molar-refractivity contribution in [2.75, 3.05) is 0 Å². The standard InChI is InChI=1S/C14H17BrN2O/c1-14(2,3)17-13(18)11(9-16)7-10-5-4-6-12(15)8-10/h4-6,8,11H,7H2,1-3H3,(H,17,18). The molecule has 1 aromatic carbocycles. The van der Waals surface area contributed by atoms with Crippen molar-refractivity contribution >= 4 is 21.8 Å². The van der Waals surface area contributed by atoms with Gasteiger partial charge in [0.05, 0.1) is 6.07 Å². The van der Waals surface area contributed by atoms with Crippen molar-refractivity contribution in [1.29, 1.82) is 5.26 Å². The van der Waals surface area contributed by atoms with Gasteiger partial charge in [-0.05, 0) is 44.9 Å². The highest BCUT2D eigenvalue weighted by Gasteiger charge is 2.22. The van der Waals surface area contributed by atoms with Gasteiger partial charge in [0.1, 0.15) is 5.92 Å². The first-order chi connectivity index (χ1) is 8.31. The molecule has 1 amide bonds. The molecule has 0 aromatic heterocycles. The molecule has 0 bridgehead atoms. The lowest BCUT2D eigenvalue weighted by atomic mass is 9.98. The van der Waals surface area contributed by atoms with Gasteiger partial charge in [-0.25, -0.2) is 0 Å². The van der Waals surface area contributed by atoms with Crippen LogP contribution in [0.2, 0.25) is 0 Å². The van der Waals surface area contributed by atoms with Crippen LogP contribution < -0.4 is 5.32 Å². The SMILES string of the molecule is CC(C)(C)NC(=O)C(C#N)Cc1cccc(Br)c1. The number of rotatable bonds is 3. The Morgan fingerprint density at radius 2 is 2.17 bits per heavy atom. The Morgan fingerprint density at radius 3 is 2.67 bits per heavy atom. The Morgan fingerprint density at radius 1 is 1.50 bits per heavy atom. The molecule has 18 heavy (non-hydrogen) atoms. The summed E-state index contributed by atoms with van der Waals surface area (Å²) in [6.07, 6.45) is 0.428. The van der Waals surface area contributed by atoms with Crippen LogP contribution >= 0.6 is 15.9 Å². The minimum absolute atomic E-state index is 0.218. The van der Waals surface area contributed by atoms with E-state index in [1.54, 1.807) is 0 Å². The van der Waals surface area contributed by atoms with Gasteiger partial charge in [-0.15, -0.1) is 0 Å². The zero-order chi connectivity index (χ0) is 13.8. The second kappa shape index (κ2) is 6.01. The lowest BCUT2D eigenvalue weighted by Crippen LogP contribution is -2.44.